The summed E-state index contributed by atoms with van der Waals surface area (Å²) in [7, 11) is 2.36. The topological polar surface area (TPSA) is 3.24 Å². The number of hydrogen-bond donors (Lipinski definition) is 0. The van der Waals surface area contributed by atoms with Crippen LogP contribution in [-0.4, -0.2) is 24.0 Å². The van der Waals surface area contributed by atoms with E-state index in [9.17, 15) is 0 Å². The van der Waals surface area contributed by atoms with E-state index in [0.29, 0.717) is 0 Å². The van der Waals surface area contributed by atoms with E-state index in [1.807, 2.05) is 0 Å². The Bertz CT molecular complexity index is 218. The molecular weight excluding hydrogens is 230 g/mol. The fourth-order valence-electron chi connectivity index (χ4n) is 3.61. The minimum atomic E-state index is 0.769. The van der Waals surface area contributed by atoms with Gasteiger partial charge in [-0.2, -0.15) is 0 Å². The molecule has 0 aromatic carbocycles. The second-order valence-corrected chi connectivity index (χ2v) is 7.18. The van der Waals surface area contributed by atoms with Crippen LogP contribution in [0, 0.1) is 11.8 Å². The van der Waals surface area contributed by atoms with Crippen molar-refractivity contribution in [2.24, 2.45) is 11.8 Å². The van der Waals surface area contributed by atoms with E-state index in [1.165, 1.54) is 57.8 Å². The molecule has 1 nitrogen and oxygen atoms in total. The normalized spacial score (nSPS) is 20.4. The predicted octanol–water partition coefficient (Wildman–Crippen LogP) is 5.49. The Morgan fingerprint density at radius 2 is 1.63 bits per heavy atom. The molecule has 1 saturated carbocycles. The third-order valence-corrected chi connectivity index (χ3v) is 5.42. The van der Waals surface area contributed by atoms with Crippen LogP contribution in [0.25, 0.3) is 0 Å². The lowest BCUT2D eigenvalue weighted by atomic mass is 9.85. The molecule has 0 heterocycles. The van der Waals surface area contributed by atoms with Gasteiger partial charge in [-0.15, -0.1) is 0 Å². The van der Waals surface area contributed by atoms with E-state index in [-0.39, 0.29) is 0 Å². The molecule has 0 amide bonds. The summed E-state index contributed by atoms with van der Waals surface area (Å²) in [5.74, 6) is 1.80. The zero-order valence-corrected chi connectivity index (χ0v) is 14.1. The maximum atomic E-state index is 2.67. The molecule has 0 bridgehead atoms. The van der Waals surface area contributed by atoms with Gasteiger partial charge < -0.3 is 4.90 Å². The van der Waals surface area contributed by atoms with Crippen LogP contribution in [-0.2, 0) is 0 Å². The van der Waals surface area contributed by atoms with E-state index >= 15 is 0 Å². The minimum absolute atomic E-state index is 0.769. The Morgan fingerprint density at radius 1 is 1.00 bits per heavy atom. The van der Waals surface area contributed by atoms with Crippen molar-refractivity contribution in [1.29, 1.82) is 0 Å². The van der Waals surface area contributed by atoms with Crippen molar-refractivity contribution in [3.8, 4) is 0 Å². The van der Waals surface area contributed by atoms with Crippen LogP contribution in [0.4, 0.5) is 0 Å². The highest BCUT2D eigenvalue weighted by Gasteiger charge is 2.24. The molecule has 1 aliphatic rings. The van der Waals surface area contributed by atoms with Crippen LogP contribution >= 0.6 is 0 Å². The molecule has 2 atom stereocenters. The Kier molecular flexibility index (Phi) is 8.06. The molecular formula is C18H37N. The summed E-state index contributed by atoms with van der Waals surface area (Å²) in [6.07, 6.45) is 12.8. The Labute approximate surface area is 122 Å². The van der Waals surface area contributed by atoms with Gasteiger partial charge in [-0.1, -0.05) is 52.9 Å². The van der Waals surface area contributed by atoms with Crippen LogP contribution in [0.15, 0.2) is 0 Å². The largest absolute Gasteiger partial charge is 0.301 e. The highest BCUT2D eigenvalue weighted by Crippen LogP contribution is 2.28. The SMILES string of the molecule is CCCCC(CCC(C)N(C)C1CCCC1)C(C)C. The molecule has 114 valence electrons. The highest BCUT2D eigenvalue weighted by molar-refractivity contribution is 4.79. The molecule has 0 N–H and O–H groups in total. The third-order valence-electron chi connectivity index (χ3n) is 5.42. The molecule has 19 heavy (non-hydrogen) atoms. The molecule has 0 saturated heterocycles. The monoisotopic (exact) mass is 267 g/mol. The lowest BCUT2D eigenvalue weighted by Gasteiger charge is -2.32. The maximum absolute atomic E-state index is 2.67. The smallest absolute Gasteiger partial charge is 0.00950 e. The van der Waals surface area contributed by atoms with Crippen LogP contribution in [0.2, 0.25) is 0 Å². The first-order valence-electron chi connectivity index (χ1n) is 8.78. The van der Waals surface area contributed by atoms with E-state index in [4.69, 9.17) is 0 Å². The molecule has 0 aromatic rings. The second kappa shape index (κ2) is 9.00. The maximum Gasteiger partial charge on any atom is 0.00950 e. The molecule has 1 aliphatic carbocycles. The quantitative estimate of drug-likeness (QED) is 0.534. The summed E-state index contributed by atoms with van der Waals surface area (Å²) >= 11 is 0. The molecule has 0 spiro atoms. The van der Waals surface area contributed by atoms with Crippen molar-refractivity contribution >= 4 is 0 Å². The first-order valence-corrected chi connectivity index (χ1v) is 8.78. The van der Waals surface area contributed by atoms with E-state index in [1.54, 1.807) is 0 Å². The van der Waals surface area contributed by atoms with Gasteiger partial charge in [-0.3, -0.25) is 0 Å². The third kappa shape index (κ3) is 5.85. The van der Waals surface area contributed by atoms with Gasteiger partial charge in [0, 0.05) is 12.1 Å². The van der Waals surface area contributed by atoms with Crippen LogP contribution in [0.5, 0.6) is 0 Å². The summed E-state index contributed by atoms with van der Waals surface area (Å²) in [6.45, 7) is 9.57. The van der Waals surface area contributed by atoms with Crippen molar-refractivity contribution in [3.05, 3.63) is 0 Å². The first-order chi connectivity index (χ1) is 9.06. The number of nitrogens with zero attached hydrogens (tertiary/aromatic N) is 1. The van der Waals surface area contributed by atoms with Gasteiger partial charge in [-0.05, 0) is 51.5 Å². The predicted molar refractivity (Wildman–Crippen MR) is 86.6 cm³/mol. The molecule has 0 aromatic heterocycles. The number of hydrogen-bond acceptors (Lipinski definition) is 1. The lowest BCUT2D eigenvalue weighted by molar-refractivity contribution is 0.164. The Morgan fingerprint density at radius 3 is 2.16 bits per heavy atom. The van der Waals surface area contributed by atoms with E-state index < -0.39 is 0 Å². The number of rotatable bonds is 9. The highest BCUT2D eigenvalue weighted by atomic mass is 15.2. The van der Waals surface area contributed by atoms with Crippen molar-refractivity contribution in [2.75, 3.05) is 7.05 Å². The molecule has 0 aliphatic heterocycles. The Balaban J connectivity index is 2.31. The summed E-state index contributed by atoms with van der Waals surface area (Å²) in [6, 6.07) is 1.65. The standard InChI is InChI=1S/C18H37N/c1-6-7-10-17(15(2)3)14-13-16(4)19(5)18-11-8-9-12-18/h15-18H,6-14H2,1-5H3. The van der Waals surface area contributed by atoms with Gasteiger partial charge in [-0.25, -0.2) is 0 Å². The van der Waals surface area contributed by atoms with Gasteiger partial charge in [0.25, 0.3) is 0 Å². The zero-order valence-electron chi connectivity index (χ0n) is 14.1. The molecule has 2 unspecified atom stereocenters. The average Bonchev–Trinajstić information content (AvgIpc) is 2.91. The fraction of sp³-hybridized carbons (Fsp3) is 1.00. The molecule has 1 fully saturated rings. The molecule has 0 radical (unpaired) electrons. The zero-order chi connectivity index (χ0) is 14.3. The van der Waals surface area contributed by atoms with Crippen molar-refractivity contribution < 1.29 is 0 Å². The summed E-state index contributed by atoms with van der Waals surface area (Å²) in [5, 5.41) is 0. The molecule has 1 rings (SSSR count). The minimum Gasteiger partial charge on any atom is -0.301 e. The van der Waals surface area contributed by atoms with Crippen molar-refractivity contribution in [3.63, 3.8) is 0 Å². The van der Waals surface area contributed by atoms with Crippen LogP contribution in [0.1, 0.15) is 85.5 Å². The van der Waals surface area contributed by atoms with Crippen molar-refractivity contribution in [1.82, 2.24) is 4.90 Å². The average molecular weight is 268 g/mol. The van der Waals surface area contributed by atoms with Gasteiger partial charge in [0.15, 0.2) is 0 Å². The van der Waals surface area contributed by atoms with Gasteiger partial charge in [0.1, 0.15) is 0 Å². The van der Waals surface area contributed by atoms with Crippen LogP contribution in [0.3, 0.4) is 0 Å². The van der Waals surface area contributed by atoms with Crippen molar-refractivity contribution in [2.45, 2.75) is 97.6 Å². The van der Waals surface area contributed by atoms with Gasteiger partial charge >= 0.3 is 0 Å². The van der Waals surface area contributed by atoms with Crippen LogP contribution < -0.4 is 0 Å². The lowest BCUT2D eigenvalue weighted by Crippen LogP contribution is -2.37. The van der Waals surface area contributed by atoms with E-state index in [0.717, 1.165) is 23.9 Å². The summed E-state index contributed by atoms with van der Waals surface area (Å²) < 4.78 is 0. The molecule has 1 heteroatoms. The first kappa shape index (κ1) is 17.0. The van der Waals surface area contributed by atoms with E-state index in [2.05, 4.69) is 39.6 Å². The Hall–Kier alpha value is -0.0400. The number of unbranched alkanes of at least 4 members (excludes halogenated alkanes) is 1. The van der Waals surface area contributed by atoms with Gasteiger partial charge in [0.05, 0.1) is 0 Å². The summed E-state index contributed by atoms with van der Waals surface area (Å²) in [5.41, 5.74) is 0. The second-order valence-electron chi connectivity index (χ2n) is 7.18. The van der Waals surface area contributed by atoms with Gasteiger partial charge in [0.2, 0.25) is 0 Å². The fourth-order valence-corrected chi connectivity index (χ4v) is 3.61. The summed E-state index contributed by atoms with van der Waals surface area (Å²) in [4.78, 5) is 2.67.